The molecule has 0 radical (unpaired) electrons. The van der Waals surface area contributed by atoms with Gasteiger partial charge in [-0.3, -0.25) is 95.9 Å². The normalized spacial score (nSPS) is 24.8. The van der Waals surface area contributed by atoms with Gasteiger partial charge >= 0.3 is 11.9 Å². The number of H-pyrrole nitrogens is 2. The molecule has 15 atom stereocenters. The van der Waals surface area contributed by atoms with E-state index in [1.54, 1.807) is 68.6 Å². The van der Waals surface area contributed by atoms with E-state index in [4.69, 9.17) is 22.9 Å². The summed E-state index contributed by atoms with van der Waals surface area (Å²) in [6.07, 6.45) is -3.69. The van der Waals surface area contributed by atoms with Gasteiger partial charge in [0.25, 0.3) is 0 Å². The van der Waals surface area contributed by atoms with Crippen LogP contribution < -0.4 is 76.1 Å². The Hall–Kier alpha value is -13.8. The van der Waals surface area contributed by atoms with Crippen molar-refractivity contribution in [1.29, 1.82) is 0 Å². The van der Waals surface area contributed by atoms with Crippen molar-refractivity contribution in [2.45, 2.75) is 233 Å². The Labute approximate surface area is 775 Å². The number of hydrogen-bond donors (Lipinski definition) is 20. The molecule has 0 spiro atoms. The minimum Gasteiger partial charge on any atom is -0.508 e. The third-order valence-electron chi connectivity index (χ3n) is 23.7. The Bertz CT molecular complexity index is 5130. The largest absolute Gasteiger partial charge is 0.508 e. The summed E-state index contributed by atoms with van der Waals surface area (Å²) in [5, 5.41) is 68.1. The molecule has 0 aliphatic carbocycles. The van der Waals surface area contributed by atoms with Gasteiger partial charge in [-0.15, -0.1) is 11.8 Å². The Balaban J connectivity index is 1.21. The molecular formula is C88H121N21O24S. The zero-order chi connectivity index (χ0) is 98.5. The first-order chi connectivity index (χ1) is 63.6. The number of unbranched alkanes of at least 4 members (excludes halogenated alkanes) is 2. The molecule has 2 aromatic heterocycles. The summed E-state index contributed by atoms with van der Waals surface area (Å²) in [7, 11) is 3.71. The number of primary amides is 3. The number of aromatic hydroxyl groups is 1. The van der Waals surface area contributed by atoms with Crippen molar-refractivity contribution in [2.75, 3.05) is 58.8 Å². The second kappa shape index (κ2) is 50.2. The van der Waals surface area contributed by atoms with Crippen LogP contribution in [0, 0.1) is 0 Å². The minimum atomic E-state index is -1.88. The average molecular weight is 1890 g/mol. The summed E-state index contributed by atoms with van der Waals surface area (Å²) in [4.78, 5) is 297. The van der Waals surface area contributed by atoms with Crippen LogP contribution in [0.25, 0.3) is 21.8 Å². The SMILES string of the molecule is CCCC[C@H]1C(=O)N(C)[C@@H](CCCC)C(=O)N[C@@H](CCC(=O)O)C(=O)N[C@H](C(=O)NCC(N)=O)CSCC(=O)N[C@@H](Cc2ccc(O)cc2)C(=O)N(C)[C@@H](C)C(=O)N[C@H](CC(N)=O)C(=O)N2CCC[C@H]2C(=O)N[C@@H](CN)C(=O)N[C@@H](CCC(N)=O)C(=O)N2C[C@H](O)C[C@H]2C(=O)N[C@@H](Cc2c[nH]c3ccccc23)C(=O)N[C@@H](CCC(=O)O)C(=O)N[C@@H](Cc2c[nH]c3ccccc23)C(=O)N1C. The van der Waals surface area contributed by atoms with E-state index in [2.05, 4.69) is 63.1 Å². The number of fused-ring (bicyclic) bond motifs is 4. The third-order valence-corrected chi connectivity index (χ3v) is 24.7. The number of hydrogen-bond acceptors (Lipinski definition) is 24. The lowest BCUT2D eigenvalue weighted by Crippen LogP contribution is -2.61. The third kappa shape index (κ3) is 29.6. The van der Waals surface area contributed by atoms with E-state index >= 15 is 33.6 Å². The van der Waals surface area contributed by atoms with Crippen LogP contribution >= 0.6 is 11.8 Å². The van der Waals surface area contributed by atoms with Crippen LogP contribution in [-0.2, 0) is 115 Å². The molecule has 18 amide bonds. The Kier molecular flexibility index (Phi) is 39.5. The molecule has 46 heteroatoms. The summed E-state index contributed by atoms with van der Waals surface area (Å²) in [5.41, 5.74) is 25.1. The highest BCUT2D eigenvalue weighted by molar-refractivity contribution is 8.00. The zero-order valence-corrected chi connectivity index (χ0v) is 76.1. The average Bonchev–Trinajstić information content (AvgIpc) is 1.55. The number of aliphatic carboxylic acids is 2. The maximum Gasteiger partial charge on any atom is 0.303 e. The maximum absolute atomic E-state index is 15.8. The molecule has 3 aliphatic heterocycles. The van der Waals surface area contributed by atoms with Gasteiger partial charge < -0.3 is 131 Å². The van der Waals surface area contributed by atoms with E-state index < -0.39 is 298 Å². The Morgan fingerprint density at radius 3 is 1.54 bits per heavy atom. The van der Waals surface area contributed by atoms with Gasteiger partial charge in [-0.25, -0.2) is 0 Å². The minimum absolute atomic E-state index is 0.0863. The van der Waals surface area contributed by atoms with Gasteiger partial charge in [-0.05, 0) is 92.8 Å². The number of phenolic OH excluding ortho intramolecular Hbond substituents is 1. The van der Waals surface area contributed by atoms with Crippen molar-refractivity contribution in [3.05, 3.63) is 102 Å². The van der Waals surface area contributed by atoms with Crippen molar-refractivity contribution >= 4 is 152 Å². The second-order valence-corrected chi connectivity index (χ2v) is 34.5. The van der Waals surface area contributed by atoms with Gasteiger partial charge in [0.1, 0.15) is 90.3 Å². The molecule has 24 N–H and O–H groups in total. The van der Waals surface area contributed by atoms with Gasteiger partial charge in [-0.1, -0.05) is 88.1 Å². The van der Waals surface area contributed by atoms with E-state index in [1.807, 2.05) is 0 Å². The molecule has 45 nitrogen and oxygen atoms in total. The fourth-order valence-electron chi connectivity index (χ4n) is 16.1. The molecule has 5 heterocycles. The summed E-state index contributed by atoms with van der Waals surface area (Å²) >= 11 is 0.686. The number of carbonyl (C=O) groups excluding carboxylic acids is 18. The lowest BCUT2D eigenvalue weighted by atomic mass is 9.99. The van der Waals surface area contributed by atoms with Crippen molar-refractivity contribution in [3.63, 3.8) is 0 Å². The highest BCUT2D eigenvalue weighted by atomic mass is 32.2. The molecule has 8 rings (SSSR count). The molecule has 728 valence electrons. The van der Waals surface area contributed by atoms with Crippen molar-refractivity contribution in [2.24, 2.45) is 22.9 Å². The zero-order valence-electron chi connectivity index (χ0n) is 75.3. The Morgan fingerprint density at radius 2 is 0.970 bits per heavy atom. The number of benzene rings is 3. The van der Waals surface area contributed by atoms with Gasteiger partial charge in [0.05, 0.1) is 24.8 Å². The van der Waals surface area contributed by atoms with E-state index in [0.717, 1.165) is 24.5 Å². The molecule has 134 heavy (non-hydrogen) atoms. The number of carbonyl (C=O) groups is 20. The number of aliphatic hydroxyl groups excluding tert-OH is 1. The lowest BCUT2D eigenvalue weighted by molar-refractivity contribution is -0.149. The number of nitrogens with two attached hydrogens (primary N) is 4. The standard InChI is InChI=1S/C88H121N21O24S/c1-7-9-20-65-81(126)98-57(29-32-74(118)119)78(123)104-64(76(121)95-42-71(92)114)44-134-45-72(115)96-60(34-47-23-25-50(110)26-24-47)84(129)105(4)46(3)75(120)101-62(38-70(91)113)87(132)108-33-15-22-66(108)82(127)103-63(39-89)80(125)99-58(27-30-69(90)112)86(131)109-43-51(111)37-68(109)83(128)100-59(35-48-40-93-54-18-13-11-16-52(48)54)79(124)97-56(28-31-73(116)117)77(122)102-61(36-49-41-94-55-19-14-12-17-53(49)55)85(130)107(6)67(21-10-8-2)88(133)106(65)5/h11-14,16-19,23-26,40-41,46,51,56-68,93-94,110-111H,7-10,15,20-22,27-39,42-45,89H2,1-6H3,(H2,90,112)(H2,91,113)(H2,92,114)(H,95,121)(H,96,115)(H,97,124)(H,98,126)(H,99,125)(H,100,128)(H,101,120)(H,102,122)(H,103,127)(H,104,123)(H,116,117)(H,118,119)/t46-,51+,56-,57-,58-,59-,60-,61-,62+,63-,64-,65-,66-,67-,68-/m0/s1. The molecule has 3 fully saturated rings. The van der Waals surface area contributed by atoms with E-state index in [-0.39, 0.29) is 63.7 Å². The van der Waals surface area contributed by atoms with Crippen molar-refractivity contribution in [1.82, 2.24) is 87.6 Å². The van der Waals surface area contributed by atoms with Gasteiger partial charge in [-0.2, -0.15) is 0 Å². The predicted octanol–water partition coefficient (Wildman–Crippen LogP) is -4.24. The van der Waals surface area contributed by atoms with Crippen LogP contribution in [-0.4, -0.2) is 323 Å². The molecule has 0 bridgehead atoms. The molecule has 3 aromatic carbocycles. The highest BCUT2D eigenvalue weighted by Crippen LogP contribution is 2.28. The monoisotopic (exact) mass is 1890 g/mol. The number of rotatable bonds is 27. The first-order valence-electron chi connectivity index (χ1n) is 44.2. The number of phenols is 1. The number of aromatic amines is 2. The van der Waals surface area contributed by atoms with Crippen LogP contribution in [0.15, 0.2) is 85.2 Å². The topological polar surface area (TPSA) is 694 Å². The summed E-state index contributed by atoms with van der Waals surface area (Å²) in [6.45, 7) is 2.53. The smallest absolute Gasteiger partial charge is 0.303 e. The number of aromatic nitrogens is 2. The van der Waals surface area contributed by atoms with Crippen LogP contribution in [0.2, 0.25) is 0 Å². The molecule has 3 aliphatic rings. The number of para-hydroxylation sites is 2. The second-order valence-electron chi connectivity index (χ2n) is 33.5. The molecular weight excluding hydrogens is 1770 g/mol. The van der Waals surface area contributed by atoms with Crippen LogP contribution in [0.4, 0.5) is 0 Å². The van der Waals surface area contributed by atoms with E-state index in [0.29, 0.717) is 63.1 Å². The predicted molar refractivity (Wildman–Crippen MR) is 483 cm³/mol. The highest BCUT2D eigenvalue weighted by Gasteiger charge is 2.47. The van der Waals surface area contributed by atoms with Crippen molar-refractivity contribution < 1.29 is 116 Å². The van der Waals surface area contributed by atoms with Crippen LogP contribution in [0.1, 0.15) is 140 Å². The van der Waals surface area contributed by atoms with Gasteiger partial charge in [0.2, 0.25) is 106 Å². The number of thioether (sulfide) groups is 1. The number of amides is 18. The van der Waals surface area contributed by atoms with Crippen molar-refractivity contribution in [3.8, 4) is 5.75 Å². The first kappa shape index (κ1) is 106. The quantitative estimate of drug-likeness (QED) is 0.0237. The van der Waals surface area contributed by atoms with Crippen LogP contribution in [0.5, 0.6) is 5.75 Å². The van der Waals surface area contributed by atoms with E-state index in [1.165, 1.54) is 58.5 Å². The van der Waals surface area contributed by atoms with E-state index in [9.17, 15) is 82.8 Å². The lowest BCUT2D eigenvalue weighted by Gasteiger charge is -2.36. The number of nitrogens with zero attached hydrogens (tertiary/aromatic N) is 5. The number of nitrogens with one attached hydrogen (secondary N) is 12. The Morgan fingerprint density at radius 1 is 0.485 bits per heavy atom. The number of likely N-dealkylation sites (N-methyl/N-ethyl adjacent to an activating group) is 3. The number of aliphatic hydroxyl groups is 1. The maximum atomic E-state index is 15.8. The summed E-state index contributed by atoms with van der Waals surface area (Å²) in [5.74, 6) is -23.0. The molecule has 5 aromatic rings. The van der Waals surface area contributed by atoms with Gasteiger partial charge in [0.15, 0.2) is 0 Å². The van der Waals surface area contributed by atoms with Gasteiger partial charge in [0, 0.05) is 126 Å². The first-order valence-corrected chi connectivity index (χ1v) is 45.3. The number of carboxylic acid groups (broad SMARTS) is 2. The fourth-order valence-corrected chi connectivity index (χ4v) is 17.0. The number of carboxylic acids is 2. The summed E-state index contributed by atoms with van der Waals surface area (Å²) in [6, 6.07) is -4.40. The molecule has 3 saturated heterocycles. The van der Waals surface area contributed by atoms with Crippen LogP contribution in [0.3, 0.4) is 0 Å². The molecule has 0 saturated carbocycles. The summed E-state index contributed by atoms with van der Waals surface area (Å²) < 4.78 is 0. The fraction of sp³-hybridized carbons (Fsp3) is 0.523. The molecule has 0 unspecified atom stereocenters.